The van der Waals surface area contributed by atoms with Crippen LogP contribution in [0.4, 0.5) is 0 Å². The molecule has 0 spiro atoms. The van der Waals surface area contributed by atoms with Crippen LogP contribution >= 0.6 is 0 Å². The van der Waals surface area contributed by atoms with Gasteiger partial charge in [-0.25, -0.2) is 13.7 Å². The topological polar surface area (TPSA) is 11.6 Å². The van der Waals surface area contributed by atoms with Gasteiger partial charge < -0.3 is 0 Å². The van der Waals surface area contributed by atoms with Crippen LogP contribution in [-0.4, -0.2) is 24.2 Å². The zero-order valence-electron chi connectivity index (χ0n) is 64.1. The number of rotatable bonds is 10. The molecule has 4 aliphatic carbocycles. The van der Waals surface area contributed by atoms with Crippen LogP contribution in [0.1, 0.15) is 254 Å². The van der Waals surface area contributed by atoms with Gasteiger partial charge in [-0.1, -0.05) is 267 Å². The van der Waals surface area contributed by atoms with Gasteiger partial charge in [0.1, 0.15) is 21.1 Å². The van der Waals surface area contributed by atoms with Crippen molar-refractivity contribution < 1.29 is 13.7 Å². The Balaban J connectivity index is 0.000000128. The largest absolute Gasteiger partial charge is 0.220 e. The maximum atomic E-state index is 2.67. The van der Waals surface area contributed by atoms with Gasteiger partial charge >= 0.3 is 0 Å². The highest BCUT2D eigenvalue weighted by Crippen LogP contribution is 2.45. The van der Waals surface area contributed by atoms with E-state index in [-0.39, 0.29) is 0 Å². The summed E-state index contributed by atoms with van der Waals surface area (Å²) >= 11 is 0. The number of nitrogens with zero attached hydrogens (tertiary/aromatic N) is 3. The Morgan fingerprint density at radius 3 is 0.990 bits per heavy atom. The van der Waals surface area contributed by atoms with Crippen LogP contribution in [0.25, 0.3) is 66.1 Å². The summed E-state index contributed by atoms with van der Waals surface area (Å²) in [6.45, 7) is 17.2. The summed E-state index contributed by atoms with van der Waals surface area (Å²) in [5.74, 6) is 2.99. The molecule has 16 rings (SSSR count). The summed E-state index contributed by atoms with van der Waals surface area (Å²) in [5, 5.41) is 13.6. The molecule has 3 nitrogen and oxygen atoms in total. The smallest absolute Gasteiger partial charge is 0.200 e. The highest BCUT2D eigenvalue weighted by atomic mass is 28.3. The second kappa shape index (κ2) is 31.3. The van der Waals surface area contributed by atoms with Crippen LogP contribution < -0.4 is 29.3 Å². The maximum absolute atomic E-state index is 2.67. The highest BCUT2D eigenvalue weighted by Gasteiger charge is 2.36. The molecule has 3 saturated heterocycles. The maximum Gasteiger partial charge on any atom is 0.220 e. The average Bonchev–Trinajstić information content (AvgIpc) is 0.764. The van der Waals surface area contributed by atoms with Gasteiger partial charge in [0, 0.05) is 23.8 Å². The SMILES string of the molecule is Cc1c(-c2c3ccc([Si]4(C)CCCCC4)cc3cc[n+]2C)cc(C2CCCCC2)cc1C1CCCCC1.Cc1cc(C2CCCCC2)cc(-c2c3ccc([Si]4(C)CCCCC4)cc3cc[n+]2C)c1C.Cc1ccc(C2CCCCC2)cc1-c1c2ccc([Si]3(C)CCCCC3)cc2cc[n+]1C. The molecule has 7 aliphatic rings. The summed E-state index contributed by atoms with van der Waals surface area (Å²) in [4.78, 5) is 0. The van der Waals surface area contributed by atoms with E-state index in [1.54, 1.807) is 43.4 Å². The Labute approximate surface area is 608 Å². The van der Waals surface area contributed by atoms with E-state index in [0.717, 1.165) is 23.7 Å². The van der Waals surface area contributed by atoms with E-state index in [9.17, 15) is 0 Å². The molecule has 6 aromatic carbocycles. The summed E-state index contributed by atoms with van der Waals surface area (Å²) in [6, 6.07) is 56.1. The second-order valence-electron chi connectivity index (χ2n) is 34.8. The minimum atomic E-state index is -1.32. The lowest BCUT2D eigenvalue weighted by molar-refractivity contribution is -0.659. The number of hydrogen-bond donors (Lipinski definition) is 0. The van der Waals surface area contributed by atoms with Crippen molar-refractivity contribution in [2.24, 2.45) is 21.1 Å². The lowest BCUT2D eigenvalue weighted by atomic mass is 9.76. The van der Waals surface area contributed by atoms with Crippen LogP contribution in [0.15, 0.2) is 134 Å². The number of aryl methyl sites for hydroxylation is 5. The zero-order chi connectivity index (χ0) is 69.1. The van der Waals surface area contributed by atoms with E-state index in [1.165, 1.54) is 305 Å². The van der Waals surface area contributed by atoms with Crippen LogP contribution in [0, 0.1) is 27.7 Å². The molecular weight excluding hydrogens is 1260 g/mol. The molecule has 100 heavy (non-hydrogen) atoms. The van der Waals surface area contributed by atoms with Crippen molar-refractivity contribution in [3.63, 3.8) is 0 Å². The summed E-state index contributed by atoms with van der Waals surface area (Å²) in [5.41, 5.74) is 20.8. The predicted octanol–water partition coefficient (Wildman–Crippen LogP) is 23.8. The quantitative estimate of drug-likeness (QED) is 0.0955. The molecule has 4 saturated carbocycles. The lowest BCUT2D eigenvalue weighted by Gasteiger charge is -2.32. The van der Waals surface area contributed by atoms with E-state index in [4.69, 9.17) is 0 Å². The highest BCUT2D eigenvalue weighted by molar-refractivity contribution is 6.92. The first-order valence-electron chi connectivity index (χ1n) is 41.2. The Morgan fingerprint density at radius 2 is 0.600 bits per heavy atom. The molecule has 0 bridgehead atoms. The molecule has 0 unspecified atom stereocenters. The van der Waals surface area contributed by atoms with E-state index in [0.29, 0.717) is 0 Å². The number of hydrogen-bond acceptors (Lipinski definition) is 0. The van der Waals surface area contributed by atoms with Gasteiger partial charge in [0.05, 0.1) is 51.5 Å². The molecule has 0 amide bonds. The number of fused-ring (bicyclic) bond motifs is 3. The van der Waals surface area contributed by atoms with Crippen LogP contribution in [0.3, 0.4) is 0 Å². The van der Waals surface area contributed by atoms with Crippen molar-refractivity contribution in [1.29, 1.82) is 0 Å². The van der Waals surface area contributed by atoms with Crippen LogP contribution in [0.2, 0.25) is 55.9 Å². The Morgan fingerprint density at radius 1 is 0.280 bits per heavy atom. The van der Waals surface area contributed by atoms with E-state index < -0.39 is 24.2 Å². The fourth-order valence-corrected chi connectivity index (χ4v) is 32.7. The molecule has 9 aromatic rings. The Kier molecular flexibility index (Phi) is 22.3. The zero-order valence-corrected chi connectivity index (χ0v) is 67.1. The van der Waals surface area contributed by atoms with E-state index in [2.05, 4.69) is 216 Å². The molecule has 3 aromatic heterocycles. The van der Waals surface area contributed by atoms with Gasteiger partial charge in [-0.3, -0.25) is 0 Å². The number of pyridine rings is 3. The molecule has 3 aliphatic heterocycles. The summed E-state index contributed by atoms with van der Waals surface area (Å²) in [6.07, 6.45) is 47.6. The minimum absolute atomic E-state index is 0.742. The monoisotopic (exact) mass is 1380 g/mol. The molecule has 7 fully saturated rings. The Hall–Kier alpha value is -5.80. The first kappa shape index (κ1) is 71.2. The molecule has 6 heterocycles. The number of aromatic nitrogens is 3. The van der Waals surface area contributed by atoms with Crippen molar-refractivity contribution in [2.75, 3.05) is 0 Å². The van der Waals surface area contributed by atoms with Crippen molar-refractivity contribution >= 4 is 72.1 Å². The normalized spacial score (nSPS) is 20.2. The van der Waals surface area contributed by atoms with E-state index >= 15 is 0 Å². The van der Waals surface area contributed by atoms with Crippen LogP contribution in [0.5, 0.6) is 0 Å². The molecule has 0 N–H and O–H groups in total. The first-order valence-corrected chi connectivity index (χ1v) is 49.9. The van der Waals surface area contributed by atoms with Crippen molar-refractivity contribution in [2.45, 2.75) is 293 Å². The second-order valence-corrected chi connectivity index (χ2v) is 48.9. The van der Waals surface area contributed by atoms with Gasteiger partial charge in [0.15, 0.2) is 18.6 Å². The predicted molar refractivity (Wildman–Crippen MR) is 438 cm³/mol. The van der Waals surface area contributed by atoms with Crippen molar-refractivity contribution in [3.8, 4) is 33.8 Å². The van der Waals surface area contributed by atoms with Gasteiger partial charge in [0.2, 0.25) is 17.1 Å². The fraction of sp³-hybridized carbons (Fsp3) is 0.521. The molecule has 0 atom stereocenters. The third-order valence-electron chi connectivity index (χ3n) is 27.8. The molecule has 0 radical (unpaired) electrons. The minimum Gasteiger partial charge on any atom is -0.200 e. The first-order chi connectivity index (χ1) is 48.5. The van der Waals surface area contributed by atoms with Crippen LogP contribution in [-0.2, 0) is 21.1 Å². The summed E-state index contributed by atoms with van der Waals surface area (Å²) in [7, 11) is 2.80. The van der Waals surface area contributed by atoms with Crippen molar-refractivity contribution in [1.82, 2.24) is 0 Å². The van der Waals surface area contributed by atoms with Gasteiger partial charge in [-0.2, -0.15) is 0 Å². The van der Waals surface area contributed by atoms with Gasteiger partial charge in [0.25, 0.3) is 0 Å². The number of benzene rings is 6. The summed E-state index contributed by atoms with van der Waals surface area (Å²) < 4.78 is 7.11. The van der Waals surface area contributed by atoms with Gasteiger partial charge in [-0.15, -0.1) is 0 Å². The average molecular weight is 1380 g/mol. The van der Waals surface area contributed by atoms with E-state index in [1.807, 2.05) is 0 Å². The molecule has 526 valence electrons. The Bertz CT molecular complexity index is 4360. The third kappa shape index (κ3) is 15.1. The lowest BCUT2D eigenvalue weighted by Crippen LogP contribution is -2.45. The molecular formula is C94H126N3Si3+3. The van der Waals surface area contributed by atoms with Crippen molar-refractivity contribution in [3.05, 3.63) is 178 Å². The fourth-order valence-electron chi connectivity index (χ4n) is 21.0. The standard InChI is InChI=1S/C35H48NSi.C30H40NSi.C29H38NSi/c1-26-33(28-15-9-5-10-16-28)24-30(27-13-7-4-8-14-27)25-34(26)35-32-18-17-31(23-29(32)19-20-36(35)2)37(3)21-11-6-12-22-37;1-22-19-26(24-11-7-5-8-12-24)21-29(23(22)2)30-28-14-13-27(20-25(28)15-16-31(30)3)32(4)17-9-6-10-18-32;1-22-12-13-24(23-10-6-4-7-11-23)21-28(22)29-27-15-14-26(20-25(27)16-17-30(29)2)31(3)18-8-5-9-19-31/h17-20,23-25,27-28H,4-16,21-22H2,1-3H3;13-16,19-21,24H,5-12,17-18H2,1-4H3;12-17,20-21,23H,4-11,18-19H2,1-3H3/q3*+1. The third-order valence-corrected chi connectivity index (χ3v) is 41.7. The molecule has 6 heteroatoms. The van der Waals surface area contributed by atoms with Gasteiger partial charge in [-0.05, 0) is 200 Å².